The van der Waals surface area contributed by atoms with E-state index in [1.54, 1.807) is 23.1 Å². The maximum Gasteiger partial charge on any atom is 0.237 e. The van der Waals surface area contributed by atoms with Crippen molar-refractivity contribution in [3.8, 4) is 0 Å². The summed E-state index contributed by atoms with van der Waals surface area (Å²) in [7, 11) is -3.45. The molecule has 2 rings (SSSR count). The number of hydrogen-bond acceptors (Lipinski definition) is 4. The van der Waals surface area contributed by atoms with Crippen LogP contribution in [0.3, 0.4) is 0 Å². The van der Waals surface area contributed by atoms with Crippen LogP contribution in [0.2, 0.25) is 0 Å². The first kappa shape index (κ1) is 16.5. The van der Waals surface area contributed by atoms with E-state index in [2.05, 4.69) is 21.2 Å². The lowest BCUT2D eigenvalue weighted by Crippen LogP contribution is -2.52. The van der Waals surface area contributed by atoms with Crippen LogP contribution in [0.5, 0.6) is 0 Å². The van der Waals surface area contributed by atoms with E-state index in [0.717, 1.165) is 4.47 Å². The molecule has 1 N–H and O–H groups in total. The number of nitrogens with one attached hydrogen (secondary N) is 1. The number of carbonyl (C=O) groups excluding carboxylic acids is 1. The predicted molar refractivity (Wildman–Crippen MR) is 85.7 cm³/mol. The zero-order valence-electron chi connectivity index (χ0n) is 11.9. The van der Waals surface area contributed by atoms with Crippen LogP contribution < -0.4 is 5.32 Å². The summed E-state index contributed by atoms with van der Waals surface area (Å²) in [6.07, 6.45) is 0. The summed E-state index contributed by atoms with van der Waals surface area (Å²) >= 11 is 3.31. The van der Waals surface area contributed by atoms with Gasteiger partial charge in [-0.3, -0.25) is 4.79 Å². The molecule has 1 unspecified atom stereocenters. The summed E-state index contributed by atoms with van der Waals surface area (Å²) in [6.45, 7) is 3.81. The molecule has 1 fully saturated rings. The first-order chi connectivity index (χ1) is 9.85. The van der Waals surface area contributed by atoms with Gasteiger partial charge < -0.3 is 10.2 Å². The van der Waals surface area contributed by atoms with Gasteiger partial charge in [-0.25, -0.2) is 8.42 Å². The summed E-state index contributed by atoms with van der Waals surface area (Å²) in [5.41, 5.74) is 0.686. The van der Waals surface area contributed by atoms with Gasteiger partial charge >= 0.3 is 0 Å². The van der Waals surface area contributed by atoms with Gasteiger partial charge in [-0.05, 0) is 24.6 Å². The van der Waals surface area contributed by atoms with Gasteiger partial charge in [0.05, 0.1) is 5.75 Å². The highest BCUT2D eigenvalue weighted by molar-refractivity contribution is 9.10. The van der Waals surface area contributed by atoms with Crippen molar-refractivity contribution >= 4 is 31.7 Å². The quantitative estimate of drug-likeness (QED) is 0.859. The third kappa shape index (κ3) is 5.09. The van der Waals surface area contributed by atoms with E-state index >= 15 is 0 Å². The maximum atomic E-state index is 12.2. The maximum absolute atomic E-state index is 12.2. The van der Waals surface area contributed by atoms with Crippen molar-refractivity contribution in [2.45, 2.75) is 18.7 Å². The van der Waals surface area contributed by atoms with Crippen LogP contribution in [0.15, 0.2) is 28.7 Å². The Morgan fingerprint density at radius 2 is 2.24 bits per heavy atom. The van der Waals surface area contributed by atoms with Gasteiger partial charge in [0, 0.05) is 30.1 Å². The minimum Gasteiger partial charge on any atom is -0.339 e. The van der Waals surface area contributed by atoms with E-state index < -0.39 is 15.6 Å². The number of hydrogen-bond donors (Lipinski definition) is 1. The lowest BCUT2D eigenvalue weighted by atomic mass is 10.2. The zero-order valence-corrected chi connectivity index (χ0v) is 14.3. The van der Waals surface area contributed by atoms with Crippen LogP contribution in [-0.4, -0.2) is 50.7 Å². The Morgan fingerprint density at radius 1 is 1.48 bits per heavy atom. The molecule has 1 amide bonds. The largest absolute Gasteiger partial charge is 0.339 e. The molecule has 7 heteroatoms. The number of sulfone groups is 1. The molecule has 0 aliphatic carbocycles. The number of carbonyl (C=O) groups is 1. The second kappa shape index (κ2) is 6.89. The predicted octanol–water partition coefficient (Wildman–Crippen LogP) is 1.18. The van der Waals surface area contributed by atoms with E-state index in [4.69, 9.17) is 0 Å². The Kier molecular flexibility index (Phi) is 5.40. The monoisotopic (exact) mass is 374 g/mol. The Hall–Kier alpha value is -0.920. The Balaban J connectivity index is 1.98. The zero-order chi connectivity index (χ0) is 15.5. The molecule has 0 radical (unpaired) electrons. The fraction of sp³-hybridized carbons (Fsp3) is 0.500. The second-order valence-corrected chi connectivity index (χ2v) is 8.34. The topological polar surface area (TPSA) is 66.5 Å². The summed E-state index contributed by atoms with van der Waals surface area (Å²) in [5, 5.41) is 3.23. The number of halogens is 1. The van der Waals surface area contributed by atoms with Crippen LogP contribution in [0, 0.1) is 0 Å². The fourth-order valence-corrected chi connectivity index (χ4v) is 4.16. The molecular weight excluding hydrogens is 356 g/mol. The van der Waals surface area contributed by atoms with Crippen molar-refractivity contribution in [3.05, 3.63) is 34.3 Å². The Bertz CT molecular complexity index is 618. The standard InChI is InChI=1S/C14H19BrN2O3S/c1-11-8-17(6-5-16-11)14(18)10-21(19,20)9-12-3-2-4-13(15)7-12/h2-4,7,11,16H,5-6,8-10H2,1H3. The molecule has 0 aromatic heterocycles. The van der Waals surface area contributed by atoms with Gasteiger partial charge in [0.15, 0.2) is 9.84 Å². The van der Waals surface area contributed by atoms with Crippen molar-refractivity contribution in [1.29, 1.82) is 0 Å². The highest BCUT2D eigenvalue weighted by atomic mass is 79.9. The van der Waals surface area contributed by atoms with Crippen molar-refractivity contribution < 1.29 is 13.2 Å². The smallest absolute Gasteiger partial charge is 0.237 e. The van der Waals surface area contributed by atoms with Gasteiger partial charge in [0.2, 0.25) is 5.91 Å². The number of piperazine rings is 1. The van der Waals surface area contributed by atoms with Crippen LogP contribution in [0.4, 0.5) is 0 Å². The van der Waals surface area contributed by atoms with Gasteiger partial charge in [-0.1, -0.05) is 28.1 Å². The molecular formula is C14H19BrN2O3S. The van der Waals surface area contributed by atoms with Gasteiger partial charge in [0.25, 0.3) is 0 Å². The lowest BCUT2D eigenvalue weighted by Gasteiger charge is -2.31. The van der Waals surface area contributed by atoms with Crippen LogP contribution in [-0.2, 0) is 20.4 Å². The third-order valence-electron chi connectivity index (χ3n) is 3.34. The van der Waals surface area contributed by atoms with E-state index in [1.807, 2.05) is 13.0 Å². The van der Waals surface area contributed by atoms with Crippen LogP contribution in [0.1, 0.15) is 12.5 Å². The first-order valence-corrected chi connectivity index (χ1v) is 9.43. The highest BCUT2D eigenvalue weighted by Gasteiger charge is 2.25. The van der Waals surface area contributed by atoms with Crippen molar-refractivity contribution in [2.75, 3.05) is 25.4 Å². The molecule has 1 aliphatic rings. The number of amides is 1. The molecule has 116 valence electrons. The van der Waals surface area contributed by atoms with Gasteiger partial charge in [-0.15, -0.1) is 0 Å². The highest BCUT2D eigenvalue weighted by Crippen LogP contribution is 2.14. The first-order valence-electron chi connectivity index (χ1n) is 6.82. The molecule has 21 heavy (non-hydrogen) atoms. The molecule has 1 aromatic carbocycles. The van der Waals surface area contributed by atoms with E-state index in [9.17, 15) is 13.2 Å². The molecule has 1 aromatic rings. The van der Waals surface area contributed by atoms with Crippen LogP contribution >= 0.6 is 15.9 Å². The fourth-order valence-electron chi connectivity index (χ4n) is 2.37. The normalized spacial score (nSPS) is 19.5. The van der Waals surface area contributed by atoms with Crippen LogP contribution in [0.25, 0.3) is 0 Å². The molecule has 0 bridgehead atoms. The lowest BCUT2D eigenvalue weighted by molar-refractivity contribution is -0.129. The minimum absolute atomic E-state index is 0.111. The number of nitrogens with zero attached hydrogens (tertiary/aromatic N) is 1. The van der Waals surface area contributed by atoms with E-state index in [-0.39, 0.29) is 17.7 Å². The molecule has 1 aliphatic heterocycles. The summed E-state index contributed by atoms with van der Waals surface area (Å²) < 4.78 is 25.2. The molecule has 1 atom stereocenters. The van der Waals surface area contributed by atoms with Crippen molar-refractivity contribution in [1.82, 2.24) is 10.2 Å². The number of rotatable bonds is 4. The van der Waals surface area contributed by atoms with Crippen molar-refractivity contribution in [2.24, 2.45) is 0 Å². The minimum atomic E-state index is -3.45. The number of benzene rings is 1. The Morgan fingerprint density at radius 3 is 2.90 bits per heavy atom. The summed E-state index contributed by atoms with van der Waals surface area (Å²) in [5.74, 6) is -0.843. The van der Waals surface area contributed by atoms with E-state index in [0.29, 0.717) is 25.2 Å². The summed E-state index contributed by atoms with van der Waals surface area (Å²) in [6, 6.07) is 7.34. The third-order valence-corrected chi connectivity index (χ3v) is 5.29. The summed E-state index contributed by atoms with van der Waals surface area (Å²) in [4.78, 5) is 13.8. The van der Waals surface area contributed by atoms with E-state index in [1.165, 1.54) is 0 Å². The Labute approximate surface area is 133 Å². The molecule has 1 saturated heterocycles. The second-order valence-electron chi connectivity index (χ2n) is 5.36. The van der Waals surface area contributed by atoms with Gasteiger partial charge in [-0.2, -0.15) is 0 Å². The van der Waals surface area contributed by atoms with Gasteiger partial charge in [0.1, 0.15) is 5.75 Å². The molecule has 1 heterocycles. The molecule has 0 spiro atoms. The average molecular weight is 375 g/mol. The average Bonchev–Trinajstić information content (AvgIpc) is 2.37. The SMILES string of the molecule is CC1CN(C(=O)CS(=O)(=O)Cc2cccc(Br)c2)CCN1. The molecule has 5 nitrogen and oxygen atoms in total. The molecule has 0 saturated carbocycles. The van der Waals surface area contributed by atoms with Crippen molar-refractivity contribution in [3.63, 3.8) is 0 Å².